The zero-order valence-corrected chi connectivity index (χ0v) is 79.0. The van der Waals surface area contributed by atoms with Crippen molar-refractivity contribution in [3.8, 4) is 0 Å². The molecule has 0 saturated carbocycles. The summed E-state index contributed by atoms with van der Waals surface area (Å²) >= 11 is 0. The fourth-order valence-corrected chi connectivity index (χ4v) is 19.5. The highest BCUT2D eigenvalue weighted by Crippen LogP contribution is 2.47. The molecule has 12 aromatic carbocycles. The molecule has 8 heterocycles. The Labute approximate surface area is 852 Å². The lowest BCUT2D eigenvalue weighted by Crippen LogP contribution is -2.73. The van der Waals surface area contributed by atoms with Crippen molar-refractivity contribution in [2.75, 3.05) is 33.5 Å². The van der Waals surface area contributed by atoms with Gasteiger partial charge in [-0.25, -0.2) is 38.4 Å². The van der Waals surface area contributed by atoms with Gasteiger partial charge in [-0.3, -0.25) is 58.0 Å². The van der Waals surface area contributed by atoms with E-state index in [2.05, 4.69) is 0 Å². The molecule has 0 spiro atoms. The van der Waals surface area contributed by atoms with E-state index in [1.807, 2.05) is 0 Å². The number of fused-ring (bicyclic) bond motifs is 4. The van der Waals surface area contributed by atoms with E-state index in [0.29, 0.717) is 19.6 Å². The third-order valence-electron chi connectivity index (χ3n) is 26.6. The molecule has 20 rings (SSSR count). The summed E-state index contributed by atoms with van der Waals surface area (Å²) in [5.74, 6) is -18.6. The van der Waals surface area contributed by atoms with Gasteiger partial charge in [0.1, 0.15) is 99.4 Å². The number of hydrogen-bond donors (Lipinski definition) is 1. The Morgan fingerprint density at radius 1 is 0.220 bits per heavy atom. The zero-order valence-electron chi connectivity index (χ0n) is 79.0. The van der Waals surface area contributed by atoms with E-state index in [-0.39, 0.29) is 89.0 Å². The molecule has 4 fully saturated rings. The molecular formula is C113H88N4O33. The molecule has 20 atom stereocenters. The molecule has 758 valence electrons. The second kappa shape index (κ2) is 43.7. The van der Waals surface area contributed by atoms with E-state index in [1.54, 1.807) is 36.4 Å². The lowest BCUT2D eigenvalue weighted by atomic mass is 9.91. The monoisotopic (exact) mass is 2030 g/mol. The normalized spacial score (nSPS) is 25.1. The van der Waals surface area contributed by atoms with Crippen LogP contribution < -0.4 is 0 Å². The van der Waals surface area contributed by atoms with Crippen molar-refractivity contribution in [3.63, 3.8) is 0 Å². The van der Waals surface area contributed by atoms with Crippen molar-refractivity contribution < 1.29 is 158 Å². The quantitative estimate of drug-likeness (QED) is 0.0239. The van der Waals surface area contributed by atoms with Gasteiger partial charge in [0.05, 0.1) is 89.0 Å². The lowest BCUT2D eigenvalue weighted by molar-refractivity contribution is -0.368. The number of rotatable bonds is 31. The van der Waals surface area contributed by atoms with Crippen molar-refractivity contribution in [1.29, 1.82) is 0 Å². The number of esters is 8. The van der Waals surface area contributed by atoms with E-state index >= 15 is 67.1 Å². The summed E-state index contributed by atoms with van der Waals surface area (Å²) in [4.78, 5) is 253. The van der Waals surface area contributed by atoms with Gasteiger partial charge in [0.25, 0.3) is 47.3 Å². The topological polar surface area (TPSA) is 454 Å². The van der Waals surface area contributed by atoms with Gasteiger partial charge in [-0.2, -0.15) is 0 Å². The minimum absolute atomic E-state index is 0.0238. The summed E-state index contributed by atoms with van der Waals surface area (Å²) in [5.41, 5.74) is -3.40. The van der Waals surface area contributed by atoms with Crippen LogP contribution in [0.15, 0.2) is 340 Å². The first-order valence-corrected chi connectivity index (χ1v) is 47.6. The van der Waals surface area contributed by atoms with E-state index in [4.69, 9.17) is 75.8 Å². The highest BCUT2D eigenvalue weighted by Gasteiger charge is 2.67. The highest BCUT2D eigenvalue weighted by atomic mass is 16.8. The second-order valence-corrected chi connectivity index (χ2v) is 35.6. The van der Waals surface area contributed by atoms with Crippen molar-refractivity contribution in [1.82, 2.24) is 19.6 Å². The minimum atomic E-state index is -2.71. The summed E-state index contributed by atoms with van der Waals surface area (Å²) in [5, 5.41) is 13.2. The summed E-state index contributed by atoms with van der Waals surface area (Å²) in [6.45, 7) is -4.40. The third kappa shape index (κ3) is 19.8. The van der Waals surface area contributed by atoms with Crippen LogP contribution in [0.5, 0.6) is 0 Å². The fraction of sp³-hybridized carbons (Fsp3) is 0.221. The predicted molar refractivity (Wildman–Crippen MR) is 515 cm³/mol. The van der Waals surface area contributed by atoms with Gasteiger partial charge >= 0.3 is 47.8 Å². The summed E-state index contributed by atoms with van der Waals surface area (Å²) in [6, 6.07) is 70.3. The lowest BCUT2D eigenvalue weighted by Gasteiger charge is -2.53. The molecule has 37 nitrogen and oxygen atoms in total. The van der Waals surface area contributed by atoms with Crippen LogP contribution in [0, 0.1) is 0 Å². The Kier molecular flexibility index (Phi) is 29.1. The van der Waals surface area contributed by atoms with Gasteiger partial charge in [-0.05, 0) is 146 Å². The summed E-state index contributed by atoms with van der Waals surface area (Å²) < 4.78 is 109. The number of carbonyl (C=O) groups excluding carboxylic acids is 16. The van der Waals surface area contributed by atoms with Gasteiger partial charge in [0.15, 0.2) is 49.6 Å². The molecule has 1 N–H and O–H groups in total. The van der Waals surface area contributed by atoms with Gasteiger partial charge in [0, 0.05) is 7.11 Å². The van der Waals surface area contributed by atoms with Crippen LogP contribution in [0.4, 0.5) is 0 Å². The van der Waals surface area contributed by atoms with Crippen LogP contribution in [0.2, 0.25) is 0 Å². The van der Waals surface area contributed by atoms with Crippen molar-refractivity contribution in [2.24, 2.45) is 0 Å². The molecule has 150 heavy (non-hydrogen) atoms. The van der Waals surface area contributed by atoms with Gasteiger partial charge < -0.3 is 80.9 Å². The molecule has 10 unspecified atom stereocenters. The van der Waals surface area contributed by atoms with E-state index < -0.39 is 244 Å². The molecule has 0 bridgehead atoms. The Hall–Kier alpha value is -17.4. The second-order valence-electron chi connectivity index (χ2n) is 35.6. The van der Waals surface area contributed by atoms with Crippen LogP contribution in [-0.4, -0.2) is 276 Å². The van der Waals surface area contributed by atoms with E-state index in [1.165, 1.54) is 303 Å². The molecule has 0 radical (unpaired) electrons. The average molecular weight is 2030 g/mol. The summed E-state index contributed by atoms with van der Waals surface area (Å²) in [6.07, 6.45) is -37.6. The smallest absolute Gasteiger partial charge is 0.338 e. The molecule has 0 aliphatic carbocycles. The standard InChI is InChI=1S/C113H88N4O33/c1-135-110-83(115-96(121)72-52-28-29-53-73(72)97(115)122)91(145-107(132)67-44-20-7-21-45-67)87(79(141-110)59-137-103(128)63-36-12-3-13-37-63)149-112-85(117-100(125)76-56-32-33-57-77(76)101(117)126)93(147-109(134)69-48-24-9-25-49-69)89(81(143-112)61-139-105(130)65-40-16-5-17-41-65)150-113-84(116-98(123)74-54-30-31-55-75(74)99(116)124)92(146-108(133)68-46-22-8-23-47-68)88(80(142-113)60-138-104(129)64-38-14-4-15-39-64)148-111-82(114-94(119)70-50-26-27-51-71(70)95(114)120)90(144-106(131)66-42-18-6-19-43-66)86(118)78(140-111)58-136-102(127)62-34-10-2-11-35-62/h2-57,78-93,110-113,118H,58-61H2,1H3/t78?,79?,80?,81?,82-,83+,84+,85-,86?,87-,88-,89?,90-,91?,92?,93-,110+,111?,112?,113-/m1/s1. The number of benzene rings is 12. The molecule has 8 aliphatic rings. The Morgan fingerprint density at radius 3 is 0.600 bits per heavy atom. The molecule has 12 aromatic rings. The van der Waals surface area contributed by atoms with Crippen molar-refractivity contribution in [2.45, 2.75) is 123 Å². The highest BCUT2D eigenvalue weighted by molar-refractivity contribution is 6.24. The number of ether oxygens (including phenoxy) is 16. The maximum absolute atomic E-state index is 16.5. The predicted octanol–water partition coefficient (Wildman–Crippen LogP) is 11.0. The fourth-order valence-electron chi connectivity index (χ4n) is 19.5. The first-order valence-electron chi connectivity index (χ1n) is 47.6. The van der Waals surface area contributed by atoms with Crippen LogP contribution in [-0.2, 0) is 75.8 Å². The first-order chi connectivity index (χ1) is 73.0. The van der Waals surface area contributed by atoms with Crippen LogP contribution in [0.25, 0.3) is 0 Å². The SMILES string of the molecule is CO[C@H]1OC(COC(=O)c2ccccc2)[C@@H](OC2OC(COC(=O)c3ccccc3)C(O[C@H]3OC(COC(=O)c4ccccc4)[C@@H](OC4OC(COC(=O)c5ccccc5)C(O)[C@H](OC(=O)c5ccccc5)[C@H]4N4C(=O)c5ccccc5C4=O)C(OC(=O)c4ccccc4)[C@@H]3N3C(=O)c4ccccc4C3=O)[C@H](OC(=O)c3ccccc3)[C@H]2N2C(=O)c3ccccc3C2=O)C(OC(=O)c2ccccc2)[C@@H]1N1C(=O)c2ccccc2C1=O. The van der Waals surface area contributed by atoms with E-state index in [9.17, 15) is 14.7 Å². The molecule has 0 aromatic heterocycles. The van der Waals surface area contributed by atoms with Crippen molar-refractivity contribution >= 4 is 95.0 Å². The van der Waals surface area contributed by atoms with Crippen LogP contribution >= 0.6 is 0 Å². The Balaban J connectivity index is 0.804. The number of aliphatic hydroxyl groups excluding tert-OH is 1. The number of hydrogen-bond acceptors (Lipinski definition) is 33. The molecular weight excluding hydrogens is 1940 g/mol. The number of methoxy groups -OCH3 is 1. The number of aliphatic hydroxyl groups is 1. The maximum Gasteiger partial charge on any atom is 0.338 e. The number of imide groups is 4. The Morgan fingerprint density at radius 2 is 0.387 bits per heavy atom. The van der Waals surface area contributed by atoms with Gasteiger partial charge in [-0.1, -0.05) is 194 Å². The number of amides is 8. The summed E-state index contributed by atoms with van der Waals surface area (Å²) in [7, 11) is 1.12. The largest absolute Gasteiger partial charge is 0.459 e. The molecule has 8 amide bonds. The van der Waals surface area contributed by atoms with Crippen LogP contribution in [0.1, 0.15) is 166 Å². The minimum Gasteiger partial charge on any atom is -0.459 e. The van der Waals surface area contributed by atoms with Crippen LogP contribution in [0.3, 0.4) is 0 Å². The molecule has 37 heteroatoms. The molecule has 4 saturated heterocycles. The van der Waals surface area contributed by atoms with E-state index in [0.717, 1.165) is 7.11 Å². The Bertz CT molecular complexity index is 7060. The van der Waals surface area contributed by atoms with Gasteiger partial charge in [0.2, 0.25) is 0 Å². The van der Waals surface area contributed by atoms with Crippen molar-refractivity contribution in [3.05, 3.63) is 429 Å². The maximum atomic E-state index is 16.5. The molecule has 8 aliphatic heterocycles. The zero-order chi connectivity index (χ0) is 104. The first kappa shape index (κ1) is 99.9. The number of carbonyl (C=O) groups is 16. The average Bonchev–Trinajstić information content (AvgIpc) is 1.50. The number of nitrogens with zero attached hydrogens (tertiary/aromatic N) is 4. The third-order valence-corrected chi connectivity index (χ3v) is 26.6. The van der Waals surface area contributed by atoms with Gasteiger partial charge in [-0.15, -0.1) is 0 Å².